The molecule has 16 heavy (non-hydrogen) atoms. The van der Waals surface area contributed by atoms with Crippen LogP contribution in [0.25, 0.3) is 0 Å². The lowest BCUT2D eigenvalue weighted by Crippen LogP contribution is -2.35. The van der Waals surface area contributed by atoms with Crippen molar-refractivity contribution in [3.8, 4) is 0 Å². The Morgan fingerprint density at radius 1 is 1.50 bits per heavy atom. The molecule has 92 valence electrons. The van der Waals surface area contributed by atoms with Crippen molar-refractivity contribution in [3.63, 3.8) is 0 Å². The van der Waals surface area contributed by atoms with Crippen molar-refractivity contribution in [1.82, 2.24) is 20.1 Å². The SMILES string of the molecule is CCCCC(COC)NCCn1cncn1. The van der Waals surface area contributed by atoms with E-state index in [0.717, 1.165) is 19.7 Å². The van der Waals surface area contributed by atoms with E-state index in [1.54, 1.807) is 19.8 Å². The summed E-state index contributed by atoms with van der Waals surface area (Å²) in [6.07, 6.45) is 6.93. The summed E-state index contributed by atoms with van der Waals surface area (Å²) in [6, 6.07) is 0.452. The second kappa shape index (κ2) is 8.24. The van der Waals surface area contributed by atoms with E-state index in [1.807, 2.05) is 4.68 Å². The molecule has 0 saturated heterocycles. The molecular formula is C11H22N4O. The Morgan fingerprint density at radius 2 is 2.38 bits per heavy atom. The minimum Gasteiger partial charge on any atom is -0.383 e. The number of aromatic nitrogens is 3. The summed E-state index contributed by atoms with van der Waals surface area (Å²) in [7, 11) is 1.75. The Kier molecular flexibility index (Phi) is 6.76. The second-order valence-corrected chi connectivity index (χ2v) is 3.91. The van der Waals surface area contributed by atoms with E-state index < -0.39 is 0 Å². The van der Waals surface area contributed by atoms with Gasteiger partial charge in [0.1, 0.15) is 12.7 Å². The van der Waals surface area contributed by atoms with Crippen LogP contribution in [0.2, 0.25) is 0 Å². The number of hydrogen-bond acceptors (Lipinski definition) is 4. The molecule has 1 atom stereocenters. The monoisotopic (exact) mass is 226 g/mol. The molecule has 0 aromatic carbocycles. The Hall–Kier alpha value is -0.940. The van der Waals surface area contributed by atoms with Crippen LogP contribution in [0.1, 0.15) is 26.2 Å². The zero-order valence-corrected chi connectivity index (χ0v) is 10.2. The van der Waals surface area contributed by atoms with E-state index in [4.69, 9.17) is 4.74 Å². The molecule has 0 aliphatic carbocycles. The van der Waals surface area contributed by atoms with Crippen molar-refractivity contribution >= 4 is 0 Å². The highest BCUT2D eigenvalue weighted by Crippen LogP contribution is 2.00. The average Bonchev–Trinajstić information content (AvgIpc) is 2.79. The fourth-order valence-electron chi connectivity index (χ4n) is 1.63. The lowest BCUT2D eigenvalue weighted by molar-refractivity contribution is 0.160. The maximum absolute atomic E-state index is 5.19. The molecule has 1 aromatic rings. The molecule has 1 unspecified atom stereocenters. The molecule has 0 fully saturated rings. The van der Waals surface area contributed by atoms with Gasteiger partial charge in [-0.2, -0.15) is 5.10 Å². The lowest BCUT2D eigenvalue weighted by atomic mass is 10.1. The first-order valence-electron chi connectivity index (χ1n) is 5.91. The topological polar surface area (TPSA) is 52.0 Å². The van der Waals surface area contributed by atoms with Crippen molar-refractivity contribution in [2.45, 2.75) is 38.8 Å². The minimum atomic E-state index is 0.452. The van der Waals surface area contributed by atoms with Crippen LogP contribution in [-0.2, 0) is 11.3 Å². The van der Waals surface area contributed by atoms with Crippen molar-refractivity contribution in [1.29, 1.82) is 0 Å². The number of unbranched alkanes of at least 4 members (excludes halogenated alkanes) is 1. The quantitative estimate of drug-likeness (QED) is 0.684. The Morgan fingerprint density at radius 3 is 3.00 bits per heavy atom. The van der Waals surface area contributed by atoms with Gasteiger partial charge in [-0.1, -0.05) is 19.8 Å². The molecular weight excluding hydrogens is 204 g/mol. The Bertz CT molecular complexity index is 250. The van der Waals surface area contributed by atoms with Gasteiger partial charge < -0.3 is 10.1 Å². The molecule has 0 radical (unpaired) electrons. The van der Waals surface area contributed by atoms with Crippen LogP contribution in [0.5, 0.6) is 0 Å². The molecule has 0 spiro atoms. The maximum Gasteiger partial charge on any atom is 0.137 e. The molecule has 1 N–H and O–H groups in total. The molecule has 0 bridgehead atoms. The normalized spacial score (nSPS) is 12.9. The van der Waals surface area contributed by atoms with Gasteiger partial charge in [-0.25, -0.2) is 4.98 Å². The van der Waals surface area contributed by atoms with Gasteiger partial charge in [0.05, 0.1) is 13.2 Å². The predicted molar refractivity (Wildman–Crippen MR) is 63.2 cm³/mol. The van der Waals surface area contributed by atoms with Gasteiger partial charge in [0.25, 0.3) is 0 Å². The van der Waals surface area contributed by atoms with Crippen molar-refractivity contribution in [2.24, 2.45) is 0 Å². The first-order chi connectivity index (χ1) is 7.86. The van der Waals surface area contributed by atoms with Crippen LogP contribution < -0.4 is 5.32 Å². The van der Waals surface area contributed by atoms with Gasteiger partial charge >= 0.3 is 0 Å². The number of nitrogens with one attached hydrogen (secondary N) is 1. The van der Waals surface area contributed by atoms with Gasteiger partial charge in [-0.15, -0.1) is 0 Å². The second-order valence-electron chi connectivity index (χ2n) is 3.91. The number of ether oxygens (including phenoxy) is 1. The highest BCUT2D eigenvalue weighted by molar-refractivity contribution is 4.66. The average molecular weight is 226 g/mol. The summed E-state index contributed by atoms with van der Waals surface area (Å²) in [5.41, 5.74) is 0. The highest BCUT2D eigenvalue weighted by Gasteiger charge is 2.06. The van der Waals surface area contributed by atoms with Gasteiger partial charge in [0, 0.05) is 19.7 Å². The first kappa shape index (κ1) is 13.1. The van der Waals surface area contributed by atoms with E-state index in [1.165, 1.54) is 19.3 Å². The number of methoxy groups -OCH3 is 1. The molecule has 1 heterocycles. The number of nitrogens with zero attached hydrogens (tertiary/aromatic N) is 3. The van der Waals surface area contributed by atoms with E-state index in [-0.39, 0.29) is 0 Å². The molecule has 1 aromatic heterocycles. The smallest absolute Gasteiger partial charge is 0.137 e. The van der Waals surface area contributed by atoms with Crippen molar-refractivity contribution < 1.29 is 4.74 Å². The standard InChI is InChI=1S/C11H22N4O/c1-3-4-5-11(8-16-2)13-6-7-15-10-12-9-14-15/h9-11,13H,3-8H2,1-2H3. The lowest BCUT2D eigenvalue weighted by Gasteiger charge is -2.17. The van der Waals surface area contributed by atoms with E-state index in [2.05, 4.69) is 22.3 Å². The summed E-state index contributed by atoms with van der Waals surface area (Å²) in [4.78, 5) is 3.91. The molecule has 0 aliphatic rings. The summed E-state index contributed by atoms with van der Waals surface area (Å²) in [6.45, 7) is 4.74. The molecule has 0 aliphatic heterocycles. The van der Waals surface area contributed by atoms with Crippen molar-refractivity contribution in [3.05, 3.63) is 12.7 Å². The summed E-state index contributed by atoms with van der Waals surface area (Å²) in [5.74, 6) is 0. The predicted octanol–water partition coefficient (Wildman–Crippen LogP) is 1.07. The summed E-state index contributed by atoms with van der Waals surface area (Å²) >= 11 is 0. The third kappa shape index (κ3) is 5.23. The zero-order chi connectivity index (χ0) is 11.6. The molecule has 5 nitrogen and oxygen atoms in total. The zero-order valence-electron chi connectivity index (χ0n) is 10.2. The molecule has 0 saturated carbocycles. The minimum absolute atomic E-state index is 0.452. The van der Waals surface area contributed by atoms with E-state index >= 15 is 0 Å². The molecule has 5 heteroatoms. The van der Waals surface area contributed by atoms with Gasteiger partial charge in [0.15, 0.2) is 0 Å². The Balaban J connectivity index is 2.15. The van der Waals surface area contributed by atoms with Gasteiger partial charge in [0.2, 0.25) is 0 Å². The third-order valence-electron chi connectivity index (χ3n) is 2.51. The summed E-state index contributed by atoms with van der Waals surface area (Å²) in [5, 5.41) is 7.54. The Labute approximate surface area is 97.2 Å². The maximum atomic E-state index is 5.19. The number of rotatable bonds is 9. The third-order valence-corrected chi connectivity index (χ3v) is 2.51. The van der Waals surface area contributed by atoms with Crippen LogP contribution in [0.4, 0.5) is 0 Å². The van der Waals surface area contributed by atoms with Crippen LogP contribution in [-0.4, -0.2) is 41.1 Å². The van der Waals surface area contributed by atoms with Gasteiger partial charge in [-0.05, 0) is 6.42 Å². The van der Waals surface area contributed by atoms with Crippen LogP contribution in [0, 0.1) is 0 Å². The van der Waals surface area contributed by atoms with Crippen LogP contribution in [0.3, 0.4) is 0 Å². The fraction of sp³-hybridized carbons (Fsp3) is 0.818. The van der Waals surface area contributed by atoms with Crippen LogP contribution in [0.15, 0.2) is 12.7 Å². The molecule has 1 rings (SSSR count). The number of hydrogen-bond donors (Lipinski definition) is 1. The van der Waals surface area contributed by atoms with Crippen LogP contribution >= 0.6 is 0 Å². The fourth-order valence-corrected chi connectivity index (χ4v) is 1.63. The highest BCUT2D eigenvalue weighted by atomic mass is 16.5. The first-order valence-corrected chi connectivity index (χ1v) is 5.91. The van der Waals surface area contributed by atoms with E-state index in [0.29, 0.717) is 6.04 Å². The van der Waals surface area contributed by atoms with E-state index in [9.17, 15) is 0 Å². The van der Waals surface area contributed by atoms with Crippen molar-refractivity contribution in [2.75, 3.05) is 20.3 Å². The largest absolute Gasteiger partial charge is 0.383 e. The van der Waals surface area contributed by atoms with Gasteiger partial charge in [-0.3, -0.25) is 4.68 Å². The summed E-state index contributed by atoms with van der Waals surface area (Å²) < 4.78 is 7.02. The molecule has 0 amide bonds.